The van der Waals surface area contributed by atoms with Crippen LogP contribution in [0.1, 0.15) is 78.7 Å². The zero-order chi connectivity index (χ0) is 14.9. The van der Waals surface area contributed by atoms with Crippen LogP contribution in [0, 0.1) is 0 Å². The average molecular weight is 316 g/mol. The minimum Gasteiger partial charge on any atom is -0.311 e. The van der Waals surface area contributed by atoms with Gasteiger partial charge in [0.1, 0.15) is 5.00 Å². The molecular formula is C16H20N4OS. The minimum absolute atomic E-state index is 0.135. The number of nitrogens with one attached hydrogen (secondary N) is 2. The Hall–Kier alpha value is -1.69. The number of amides is 1. The van der Waals surface area contributed by atoms with Crippen LogP contribution in [0.3, 0.4) is 0 Å². The number of hydrogen-bond donors (Lipinski definition) is 2. The van der Waals surface area contributed by atoms with Gasteiger partial charge in [0, 0.05) is 17.5 Å². The van der Waals surface area contributed by atoms with Crippen molar-refractivity contribution < 1.29 is 4.79 Å². The fourth-order valence-corrected chi connectivity index (χ4v) is 4.00. The molecule has 0 spiro atoms. The van der Waals surface area contributed by atoms with E-state index in [2.05, 4.69) is 20.5 Å². The highest BCUT2D eigenvalue weighted by molar-refractivity contribution is 7.14. The van der Waals surface area contributed by atoms with E-state index < -0.39 is 0 Å². The van der Waals surface area contributed by atoms with Crippen LogP contribution in [-0.4, -0.2) is 21.1 Å². The fourth-order valence-electron chi connectivity index (χ4n) is 3.24. The lowest BCUT2D eigenvalue weighted by Gasteiger charge is -2.19. The van der Waals surface area contributed by atoms with Gasteiger partial charge in [-0.25, -0.2) is 4.98 Å². The molecule has 22 heavy (non-hydrogen) atoms. The molecule has 0 saturated heterocycles. The van der Waals surface area contributed by atoms with E-state index in [9.17, 15) is 4.79 Å². The van der Waals surface area contributed by atoms with Gasteiger partial charge in [-0.2, -0.15) is 5.10 Å². The summed E-state index contributed by atoms with van der Waals surface area (Å²) in [6.45, 7) is 0. The second-order valence-electron chi connectivity index (χ2n) is 6.34. The summed E-state index contributed by atoms with van der Waals surface area (Å²) in [4.78, 5) is 16.8. The van der Waals surface area contributed by atoms with E-state index in [-0.39, 0.29) is 5.91 Å². The summed E-state index contributed by atoms with van der Waals surface area (Å²) in [5.74, 6) is 0.941. The summed E-state index contributed by atoms with van der Waals surface area (Å²) >= 11 is 1.49. The molecule has 116 valence electrons. The molecule has 0 unspecified atom stereocenters. The van der Waals surface area contributed by atoms with Crippen molar-refractivity contribution >= 4 is 22.2 Å². The number of aromatic nitrogens is 3. The number of nitrogens with zero attached hydrogens (tertiary/aromatic N) is 2. The lowest BCUT2D eigenvalue weighted by Crippen LogP contribution is -2.12. The molecule has 0 bridgehead atoms. The van der Waals surface area contributed by atoms with E-state index in [4.69, 9.17) is 0 Å². The number of hydrogen-bond acceptors (Lipinski definition) is 4. The van der Waals surface area contributed by atoms with Crippen molar-refractivity contribution in [1.82, 2.24) is 15.2 Å². The van der Waals surface area contributed by atoms with Gasteiger partial charge in [0.25, 0.3) is 5.91 Å². The minimum atomic E-state index is -0.135. The Morgan fingerprint density at radius 3 is 2.77 bits per heavy atom. The summed E-state index contributed by atoms with van der Waals surface area (Å²) < 4.78 is 0. The van der Waals surface area contributed by atoms with Crippen LogP contribution in [0.15, 0.2) is 11.6 Å². The van der Waals surface area contributed by atoms with Crippen LogP contribution in [0.25, 0.3) is 0 Å². The SMILES string of the molecule is O=C(Nc1scnc1C1CC1)c1cc(C2CCCCC2)[nH]n1. The zero-order valence-corrected chi connectivity index (χ0v) is 13.3. The smallest absolute Gasteiger partial charge is 0.276 e. The summed E-state index contributed by atoms with van der Waals surface area (Å²) in [6.07, 6.45) is 8.64. The lowest BCUT2D eigenvalue weighted by molar-refractivity contribution is 0.102. The Bertz CT molecular complexity index is 667. The molecule has 2 aromatic heterocycles. The Morgan fingerprint density at radius 1 is 1.18 bits per heavy atom. The number of anilines is 1. The predicted molar refractivity (Wildman–Crippen MR) is 86.5 cm³/mol. The van der Waals surface area contributed by atoms with Crippen LogP contribution in [0.4, 0.5) is 5.00 Å². The monoisotopic (exact) mass is 316 g/mol. The van der Waals surface area contributed by atoms with Gasteiger partial charge in [-0.1, -0.05) is 19.3 Å². The number of carbonyl (C=O) groups is 1. The number of rotatable bonds is 4. The molecule has 2 N–H and O–H groups in total. The van der Waals surface area contributed by atoms with Gasteiger partial charge >= 0.3 is 0 Å². The van der Waals surface area contributed by atoms with Crippen LogP contribution >= 0.6 is 11.3 Å². The van der Waals surface area contributed by atoms with Crippen LogP contribution in [0.5, 0.6) is 0 Å². The first kappa shape index (κ1) is 13.9. The van der Waals surface area contributed by atoms with Crippen molar-refractivity contribution in [2.75, 3.05) is 5.32 Å². The molecule has 0 aromatic carbocycles. The van der Waals surface area contributed by atoms with E-state index in [0.717, 1.165) is 16.4 Å². The third-order valence-corrected chi connectivity index (χ3v) is 5.42. The highest BCUT2D eigenvalue weighted by atomic mass is 32.1. The van der Waals surface area contributed by atoms with Gasteiger partial charge in [0.05, 0.1) is 11.2 Å². The maximum atomic E-state index is 12.4. The van der Waals surface area contributed by atoms with Gasteiger partial charge in [-0.15, -0.1) is 11.3 Å². The normalized spacial score (nSPS) is 19.3. The van der Waals surface area contributed by atoms with Gasteiger partial charge in [0.2, 0.25) is 0 Å². The first-order valence-corrected chi connectivity index (χ1v) is 8.99. The van der Waals surface area contributed by atoms with Crippen molar-refractivity contribution in [3.63, 3.8) is 0 Å². The number of carbonyl (C=O) groups excluding carboxylic acids is 1. The Labute approximate surface area is 133 Å². The molecular weight excluding hydrogens is 296 g/mol. The Balaban J connectivity index is 1.46. The van der Waals surface area contributed by atoms with Crippen molar-refractivity contribution in [3.8, 4) is 0 Å². The molecule has 2 aliphatic carbocycles. The molecule has 0 atom stereocenters. The second-order valence-corrected chi connectivity index (χ2v) is 7.19. The topological polar surface area (TPSA) is 70.7 Å². The first-order valence-electron chi connectivity index (χ1n) is 8.11. The van der Waals surface area contributed by atoms with Crippen LogP contribution in [-0.2, 0) is 0 Å². The lowest BCUT2D eigenvalue weighted by atomic mass is 9.87. The molecule has 2 aromatic rings. The summed E-state index contributed by atoms with van der Waals surface area (Å²) in [5.41, 5.74) is 4.44. The number of aromatic amines is 1. The van der Waals surface area contributed by atoms with E-state index in [1.807, 2.05) is 6.07 Å². The maximum absolute atomic E-state index is 12.4. The summed E-state index contributed by atoms with van der Waals surface area (Å²) in [5, 5.41) is 11.1. The van der Waals surface area contributed by atoms with Crippen molar-refractivity contribution in [2.45, 2.75) is 56.8 Å². The van der Waals surface area contributed by atoms with Crippen molar-refractivity contribution in [1.29, 1.82) is 0 Å². The molecule has 2 heterocycles. The third-order valence-electron chi connectivity index (χ3n) is 4.66. The zero-order valence-electron chi connectivity index (χ0n) is 12.5. The summed E-state index contributed by atoms with van der Waals surface area (Å²) in [6, 6.07) is 1.92. The van der Waals surface area contributed by atoms with Gasteiger partial charge < -0.3 is 5.32 Å². The third kappa shape index (κ3) is 2.79. The standard InChI is InChI=1S/C16H20N4OS/c21-15(18-16-14(11-6-7-11)17-9-22-16)13-8-12(19-20-13)10-4-2-1-3-5-10/h8-11H,1-7H2,(H,18,21)(H,19,20). The average Bonchev–Trinajstić information content (AvgIpc) is 3.09. The Kier molecular flexibility index (Phi) is 3.70. The fraction of sp³-hybridized carbons (Fsp3) is 0.562. The molecule has 2 saturated carbocycles. The van der Waals surface area contributed by atoms with E-state index in [1.165, 1.54) is 56.3 Å². The van der Waals surface area contributed by atoms with Crippen molar-refractivity contribution in [2.24, 2.45) is 0 Å². The summed E-state index contributed by atoms with van der Waals surface area (Å²) in [7, 11) is 0. The van der Waals surface area contributed by atoms with Gasteiger partial charge in [0.15, 0.2) is 5.69 Å². The van der Waals surface area contributed by atoms with Gasteiger partial charge in [-0.05, 0) is 31.7 Å². The quantitative estimate of drug-likeness (QED) is 0.894. The van der Waals surface area contributed by atoms with E-state index in [1.54, 1.807) is 5.51 Å². The van der Waals surface area contributed by atoms with Crippen LogP contribution < -0.4 is 5.32 Å². The maximum Gasteiger partial charge on any atom is 0.276 e. The molecule has 6 heteroatoms. The largest absolute Gasteiger partial charge is 0.311 e. The molecule has 4 rings (SSSR count). The molecule has 2 fully saturated rings. The van der Waals surface area contributed by atoms with Crippen LogP contribution in [0.2, 0.25) is 0 Å². The molecule has 5 nitrogen and oxygen atoms in total. The number of H-pyrrole nitrogens is 1. The predicted octanol–water partition coefficient (Wildman–Crippen LogP) is 4.04. The molecule has 0 aliphatic heterocycles. The van der Waals surface area contributed by atoms with Crippen molar-refractivity contribution in [3.05, 3.63) is 28.7 Å². The highest BCUT2D eigenvalue weighted by Crippen LogP contribution is 2.44. The molecule has 1 amide bonds. The molecule has 0 radical (unpaired) electrons. The Morgan fingerprint density at radius 2 is 2.00 bits per heavy atom. The van der Waals surface area contributed by atoms with Gasteiger partial charge in [-0.3, -0.25) is 9.89 Å². The first-order chi connectivity index (χ1) is 10.8. The second kappa shape index (κ2) is 5.83. The van der Waals surface area contributed by atoms with E-state index in [0.29, 0.717) is 17.5 Å². The molecule has 2 aliphatic rings. The van der Waals surface area contributed by atoms with E-state index >= 15 is 0 Å². The highest BCUT2D eigenvalue weighted by Gasteiger charge is 2.29. The number of thiazole rings is 1.